The zero-order chi connectivity index (χ0) is 13.7. The largest absolute Gasteiger partial charge is 0.308 e. The van der Waals surface area contributed by atoms with Gasteiger partial charge in [-0.2, -0.15) is 0 Å². The van der Waals surface area contributed by atoms with E-state index in [9.17, 15) is 0 Å². The van der Waals surface area contributed by atoms with Crippen LogP contribution in [0.15, 0.2) is 6.20 Å². The Bertz CT molecular complexity index is 370. The van der Waals surface area contributed by atoms with Crippen LogP contribution in [-0.2, 0) is 13.1 Å². The molecular weight excluding hydrogens is 238 g/mol. The van der Waals surface area contributed by atoms with E-state index in [1.807, 2.05) is 4.68 Å². The summed E-state index contributed by atoms with van der Waals surface area (Å²) in [6, 6.07) is 0.729. The molecule has 0 aromatic carbocycles. The summed E-state index contributed by atoms with van der Waals surface area (Å²) in [5.41, 5.74) is 1.05. The molecule has 1 N–H and O–H groups in total. The summed E-state index contributed by atoms with van der Waals surface area (Å²) in [5, 5.41) is 11.8. The van der Waals surface area contributed by atoms with Crippen LogP contribution in [0.2, 0.25) is 0 Å². The minimum Gasteiger partial charge on any atom is -0.308 e. The predicted molar refractivity (Wildman–Crippen MR) is 76.8 cm³/mol. The van der Waals surface area contributed by atoms with Gasteiger partial charge in [-0.15, -0.1) is 5.10 Å². The van der Waals surface area contributed by atoms with Crippen LogP contribution in [0.4, 0.5) is 0 Å². The number of aromatic nitrogens is 3. The highest BCUT2D eigenvalue weighted by Gasteiger charge is 2.20. The minimum atomic E-state index is 0.729. The third kappa shape index (κ3) is 5.70. The summed E-state index contributed by atoms with van der Waals surface area (Å²) >= 11 is 0. The lowest BCUT2D eigenvalue weighted by Gasteiger charge is -2.17. The van der Waals surface area contributed by atoms with Crippen molar-refractivity contribution in [3.8, 4) is 0 Å². The summed E-state index contributed by atoms with van der Waals surface area (Å²) in [6.07, 6.45) is 5.94. The minimum absolute atomic E-state index is 0.729. The second-order valence-corrected chi connectivity index (χ2v) is 6.11. The molecule has 0 bridgehead atoms. The van der Waals surface area contributed by atoms with Gasteiger partial charge in [-0.05, 0) is 38.8 Å². The number of likely N-dealkylation sites (N-methyl/N-ethyl adjacent to an activating group) is 1. The highest BCUT2D eigenvalue weighted by molar-refractivity contribution is 4.94. The molecule has 2 rings (SSSR count). The molecule has 1 heterocycles. The summed E-state index contributed by atoms with van der Waals surface area (Å²) in [4.78, 5) is 2.36. The van der Waals surface area contributed by atoms with E-state index in [1.54, 1.807) is 0 Å². The third-order valence-electron chi connectivity index (χ3n) is 3.53. The van der Waals surface area contributed by atoms with Crippen LogP contribution in [0, 0.1) is 5.92 Å². The smallest absolute Gasteiger partial charge is 0.0964 e. The second kappa shape index (κ2) is 7.01. The Balaban J connectivity index is 1.64. The van der Waals surface area contributed by atoms with Crippen molar-refractivity contribution in [3.63, 3.8) is 0 Å². The van der Waals surface area contributed by atoms with Crippen molar-refractivity contribution in [1.82, 2.24) is 25.2 Å². The quantitative estimate of drug-likeness (QED) is 0.735. The van der Waals surface area contributed by atoms with E-state index in [1.165, 1.54) is 19.3 Å². The lowest BCUT2D eigenvalue weighted by atomic mass is 10.1. The van der Waals surface area contributed by atoms with Crippen LogP contribution >= 0.6 is 0 Å². The summed E-state index contributed by atoms with van der Waals surface area (Å²) in [7, 11) is 2.18. The van der Waals surface area contributed by atoms with E-state index in [4.69, 9.17) is 0 Å². The van der Waals surface area contributed by atoms with Gasteiger partial charge in [0.1, 0.15) is 0 Å². The zero-order valence-corrected chi connectivity index (χ0v) is 12.5. The highest BCUT2D eigenvalue weighted by Crippen LogP contribution is 2.18. The van der Waals surface area contributed by atoms with Crippen molar-refractivity contribution in [2.45, 2.75) is 52.2 Å². The fraction of sp³-hybridized carbons (Fsp3) is 0.857. The van der Waals surface area contributed by atoms with Gasteiger partial charge >= 0.3 is 0 Å². The molecule has 1 aliphatic rings. The standard InChI is InChI=1S/C14H27N5/c1-12(2)6-7-18(3)8-9-19-11-14(16-17-19)10-15-13-4-5-13/h11-13,15H,4-10H2,1-3H3. The van der Waals surface area contributed by atoms with Crippen LogP contribution < -0.4 is 5.32 Å². The molecule has 19 heavy (non-hydrogen) atoms. The molecule has 1 aromatic heterocycles. The Morgan fingerprint density at radius 2 is 2.21 bits per heavy atom. The number of nitrogens with zero attached hydrogens (tertiary/aromatic N) is 4. The molecule has 5 nitrogen and oxygen atoms in total. The van der Waals surface area contributed by atoms with E-state index >= 15 is 0 Å². The molecule has 1 fully saturated rings. The normalized spacial score (nSPS) is 15.6. The van der Waals surface area contributed by atoms with Crippen LogP contribution in [0.1, 0.15) is 38.8 Å². The topological polar surface area (TPSA) is 46.0 Å². The first-order valence-electron chi connectivity index (χ1n) is 7.44. The predicted octanol–water partition coefficient (Wildman–Crippen LogP) is 1.51. The van der Waals surface area contributed by atoms with E-state index in [2.05, 4.69) is 47.6 Å². The van der Waals surface area contributed by atoms with Gasteiger partial charge in [0.2, 0.25) is 0 Å². The van der Waals surface area contributed by atoms with E-state index < -0.39 is 0 Å². The average Bonchev–Trinajstić information content (AvgIpc) is 3.10. The molecular formula is C14H27N5. The summed E-state index contributed by atoms with van der Waals surface area (Å²) < 4.78 is 1.95. The van der Waals surface area contributed by atoms with E-state index in [0.29, 0.717) is 0 Å². The van der Waals surface area contributed by atoms with Crippen molar-refractivity contribution < 1.29 is 0 Å². The molecule has 1 aromatic rings. The first-order valence-corrected chi connectivity index (χ1v) is 7.44. The number of nitrogens with one attached hydrogen (secondary N) is 1. The van der Waals surface area contributed by atoms with Gasteiger partial charge < -0.3 is 10.2 Å². The molecule has 0 spiro atoms. The van der Waals surface area contributed by atoms with Crippen molar-refractivity contribution in [1.29, 1.82) is 0 Å². The van der Waals surface area contributed by atoms with Gasteiger partial charge in [-0.25, -0.2) is 0 Å². The first-order chi connectivity index (χ1) is 9.13. The van der Waals surface area contributed by atoms with Gasteiger partial charge in [0.05, 0.1) is 12.2 Å². The fourth-order valence-corrected chi connectivity index (χ4v) is 1.93. The molecule has 0 aliphatic heterocycles. The molecule has 0 amide bonds. The van der Waals surface area contributed by atoms with Crippen molar-refractivity contribution >= 4 is 0 Å². The zero-order valence-electron chi connectivity index (χ0n) is 12.5. The van der Waals surface area contributed by atoms with Gasteiger partial charge in [0, 0.05) is 25.3 Å². The molecule has 0 radical (unpaired) electrons. The lowest BCUT2D eigenvalue weighted by molar-refractivity contribution is 0.292. The highest BCUT2D eigenvalue weighted by atomic mass is 15.4. The van der Waals surface area contributed by atoms with Crippen LogP contribution in [0.5, 0.6) is 0 Å². The SMILES string of the molecule is CC(C)CCN(C)CCn1cc(CNC2CC2)nn1. The number of rotatable bonds is 9. The van der Waals surface area contributed by atoms with E-state index in [0.717, 1.165) is 43.8 Å². The fourth-order valence-electron chi connectivity index (χ4n) is 1.93. The lowest BCUT2D eigenvalue weighted by Crippen LogP contribution is -2.25. The third-order valence-corrected chi connectivity index (χ3v) is 3.53. The second-order valence-electron chi connectivity index (χ2n) is 6.11. The maximum atomic E-state index is 4.20. The Morgan fingerprint density at radius 3 is 2.89 bits per heavy atom. The maximum absolute atomic E-state index is 4.20. The maximum Gasteiger partial charge on any atom is 0.0964 e. The number of hydrogen-bond acceptors (Lipinski definition) is 4. The first kappa shape index (κ1) is 14.5. The molecule has 0 unspecified atom stereocenters. The van der Waals surface area contributed by atoms with Gasteiger partial charge in [0.15, 0.2) is 0 Å². The molecule has 1 saturated carbocycles. The molecule has 5 heteroatoms. The molecule has 108 valence electrons. The van der Waals surface area contributed by atoms with Crippen LogP contribution in [0.3, 0.4) is 0 Å². The Labute approximate surface area is 116 Å². The Hall–Kier alpha value is -0.940. The average molecular weight is 265 g/mol. The number of hydrogen-bond donors (Lipinski definition) is 1. The molecule has 0 atom stereocenters. The van der Waals surface area contributed by atoms with Crippen LogP contribution in [0.25, 0.3) is 0 Å². The van der Waals surface area contributed by atoms with Gasteiger partial charge in [-0.1, -0.05) is 19.1 Å². The molecule has 1 aliphatic carbocycles. The monoisotopic (exact) mass is 265 g/mol. The van der Waals surface area contributed by atoms with Gasteiger partial charge in [0.25, 0.3) is 0 Å². The summed E-state index contributed by atoms with van der Waals surface area (Å²) in [5.74, 6) is 0.772. The Morgan fingerprint density at radius 1 is 1.42 bits per heavy atom. The summed E-state index contributed by atoms with van der Waals surface area (Å²) in [6.45, 7) is 8.50. The van der Waals surface area contributed by atoms with Crippen LogP contribution in [-0.4, -0.2) is 46.1 Å². The van der Waals surface area contributed by atoms with Crippen molar-refractivity contribution in [3.05, 3.63) is 11.9 Å². The Kier molecular flexibility index (Phi) is 5.34. The molecule has 0 saturated heterocycles. The van der Waals surface area contributed by atoms with E-state index in [-0.39, 0.29) is 0 Å². The van der Waals surface area contributed by atoms with Crippen molar-refractivity contribution in [2.75, 3.05) is 20.1 Å². The van der Waals surface area contributed by atoms with Crippen molar-refractivity contribution in [2.24, 2.45) is 5.92 Å². The van der Waals surface area contributed by atoms with Gasteiger partial charge in [-0.3, -0.25) is 4.68 Å².